The Balaban J connectivity index is 1.41. The highest BCUT2D eigenvalue weighted by atomic mass is 32.2. The standard InChI is InChI=1S/C27H35N3O7S/c1-35-23-8-10-24(11-9-23)38(33,34)30(13-15-31)14-16-36-26-18-21(20-5-2-3-6-20)17-25(37-26)27(32)29-22-7-4-12-28-19-22/h4,7-12,17,19-21,26,31H,2-3,5-6,13-16,18H2,1H3,(H,29,32)/t21-,26+/m1/s1. The van der Waals surface area contributed by atoms with Crippen LogP contribution in [0.3, 0.4) is 0 Å². The van der Waals surface area contributed by atoms with Gasteiger partial charge in [-0.1, -0.05) is 12.8 Å². The number of methoxy groups -OCH3 is 1. The Bertz CT molecular complexity index is 1180. The van der Waals surface area contributed by atoms with Crippen LogP contribution in [0.25, 0.3) is 0 Å². The average Bonchev–Trinajstić information content (AvgIpc) is 3.48. The van der Waals surface area contributed by atoms with Gasteiger partial charge in [-0.25, -0.2) is 8.42 Å². The number of ether oxygens (including phenoxy) is 3. The number of amides is 1. The monoisotopic (exact) mass is 545 g/mol. The molecule has 1 fully saturated rings. The van der Waals surface area contributed by atoms with E-state index in [9.17, 15) is 18.3 Å². The van der Waals surface area contributed by atoms with Crippen molar-refractivity contribution in [3.8, 4) is 5.75 Å². The van der Waals surface area contributed by atoms with E-state index in [1.54, 1.807) is 36.7 Å². The van der Waals surface area contributed by atoms with E-state index in [0.29, 0.717) is 23.8 Å². The summed E-state index contributed by atoms with van der Waals surface area (Å²) < 4.78 is 44.5. The second kappa shape index (κ2) is 13.2. The zero-order chi connectivity index (χ0) is 27.0. The number of benzene rings is 1. The second-order valence-electron chi connectivity index (χ2n) is 9.39. The zero-order valence-electron chi connectivity index (χ0n) is 21.5. The van der Waals surface area contributed by atoms with Crippen LogP contribution >= 0.6 is 0 Å². The summed E-state index contributed by atoms with van der Waals surface area (Å²) >= 11 is 0. The van der Waals surface area contributed by atoms with E-state index in [2.05, 4.69) is 10.3 Å². The third-order valence-electron chi connectivity index (χ3n) is 6.93. The van der Waals surface area contributed by atoms with Gasteiger partial charge in [-0.3, -0.25) is 9.78 Å². The lowest BCUT2D eigenvalue weighted by Crippen LogP contribution is -2.38. The predicted molar refractivity (Wildman–Crippen MR) is 141 cm³/mol. The molecule has 0 spiro atoms. The first-order valence-corrected chi connectivity index (χ1v) is 14.3. The highest BCUT2D eigenvalue weighted by Gasteiger charge is 2.34. The molecule has 2 N–H and O–H groups in total. The Kier molecular flexibility index (Phi) is 9.73. The van der Waals surface area contributed by atoms with E-state index in [1.165, 1.54) is 23.5 Å². The Morgan fingerprint density at radius 3 is 2.61 bits per heavy atom. The van der Waals surface area contributed by atoms with Crippen molar-refractivity contribution in [2.24, 2.45) is 11.8 Å². The van der Waals surface area contributed by atoms with Crippen molar-refractivity contribution in [3.63, 3.8) is 0 Å². The number of aromatic nitrogens is 1. The smallest absolute Gasteiger partial charge is 0.290 e. The van der Waals surface area contributed by atoms with Gasteiger partial charge < -0.3 is 24.6 Å². The molecule has 4 rings (SSSR count). The molecule has 206 valence electrons. The molecule has 1 aromatic heterocycles. The topological polar surface area (TPSA) is 127 Å². The molecule has 10 nitrogen and oxygen atoms in total. The lowest BCUT2D eigenvalue weighted by atomic mass is 9.86. The van der Waals surface area contributed by atoms with Gasteiger partial charge in [-0.2, -0.15) is 4.31 Å². The number of nitrogens with one attached hydrogen (secondary N) is 1. The number of aliphatic hydroxyl groups is 1. The molecule has 0 bridgehead atoms. The number of sulfonamides is 1. The Hall–Kier alpha value is -2.99. The van der Waals surface area contributed by atoms with Gasteiger partial charge in [0.15, 0.2) is 5.76 Å². The minimum absolute atomic E-state index is 0.0177. The molecule has 1 aromatic carbocycles. The van der Waals surface area contributed by atoms with Crippen LogP contribution in [0.4, 0.5) is 5.69 Å². The maximum absolute atomic E-state index is 13.2. The molecule has 1 aliphatic heterocycles. The number of pyridine rings is 1. The second-order valence-corrected chi connectivity index (χ2v) is 11.3. The normalized spacial score (nSPS) is 20.1. The van der Waals surface area contributed by atoms with Gasteiger partial charge in [-0.05, 0) is 67.2 Å². The number of hydrogen-bond acceptors (Lipinski definition) is 8. The number of allylic oxidation sites excluding steroid dienone is 1. The van der Waals surface area contributed by atoms with Gasteiger partial charge in [-0.15, -0.1) is 0 Å². The molecule has 2 aliphatic rings. The quantitative estimate of drug-likeness (QED) is 0.416. The van der Waals surface area contributed by atoms with Crippen LogP contribution in [-0.4, -0.2) is 68.4 Å². The van der Waals surface area contributed by atoms with Crippen molar-refractivity contribution in [1.82, 2.24) is 9.29 Å². The Labute approximate surface area is 223 Å². The van der Waals surface area contributed by atoms with E-state index in [4.69, 9.17) is 14.2 Å². The molecule has 11 heteroatoms. The molecule has 1 saturated carbocycles. The van der Waals surface area contributed by atoms with Crippen molar-refractivity contribution in [2.45, 2.75) is 43.3 Å². The highest BCUT2D eigenvalue weighted by molar-refractivity contribution is 7.89. The van der Waals surface area contributed by atoms with Gasteiger partial charge in [0.05, 0.1) is 37.1 Å². The van der Waals surface area contributed by atoms with E-state index in [-0.39, 0.29) is 48.8 Å². The summed E-state index contributed by atoms with van der Waals surface area (Å²) in [5.74, 6) is 0.942. The first-order valence-electron chi connectivity index (χ1n) is 12.9. The molecule has 0 saturated heterocycles. The van der Waals surface area contributed by atoms with Gasteiger partial charge >= 0.3 is 0 Å². The molecule has 1 amide bonds. The van der Waals surface area contributed by atoms with Gasteiger partial charge in [0.2, 0.25) is 16.3 Å². The fraction of sp³-hybridized carbons (Fsp3) is 0.481. The molecule has 0 unspecified atom stereocenters. The number of rotatable bonds is 12. The molecule has 38 heavy (non-hydrogen) atoms. The number of carbonyl (C=O) groups excluding carboxylic acids is 1. The molecule has 2 atom stereocenters. The molecular weight excluding hydrogens is 510 g/mol. The summed E-state index contributed by atoms with van der Waals surface area (Å²) in [6, 6.07) is 9.56. The van der Waals surface area contributed by atoms with Crippen molar-refractivity contribution in [2.75, 3.05) is 38.7 Å². The van der Waals surface area contributed by atoms with Crippen LogP contribution in [0.1, 0.15) is 32.1 Å². The van der Waals surface area contributed by atoms with Crippen molar-refractivity contribution in [3.05, 3.63) is 60.6 Å². The summed E-state index contributed by atoms with van der Waals surface area (Å²) in [6.07, 6.45) is 9.48. The zero-order valence-corrected chi connectivity index (χ0v) is 22.3. The fourth-order valence-corrected chi connectivity index (χ4v) is 6.35. The number of aliphatic hydroxyl groups excluding tert-OH is 1. The van der Waals surface area contributed by atoms with Crippen LogP contribution in [0.5, 0.6) is 5.75 Å². The van der Waals surface area contributed by atoms with Crippen molar-refractivity contribution < 1.29 is 32.5 Å². The number of hydrogen-bond donors (Lipinski definition) is 2. The van der Waals surface area contributed by atoms with Crippen LogP contribution < -0.4 is 10.1 Å². The molecule has 2 aromatic rings. The summed E-state index contributed by atoms with van der Waals surface area (Å²) in [5.41, 5.74) is 0.561. The van der Waals surface area contributed by atoms with Crippen LogP contribution in [0, 0.1) is 11.8 Å². The molecular formula is C27H35N3O7S. The lowest BCUT2D eigenvalue weighted by Gasteiger charge is -2.32. The van der Waals surface area contributed by atoms with Gasteiger partial charge in [0.1, 0.15) is 5.75 Å². The lowest BCUT2D eigenvalue weighted by molar-refractivity contribution is -0.148. The number of anilines is 1. The summed E-state index contributed by atoms with van der Waals surface area (Å²) in [6.45, 7) is -0.355. The van der Waals surface area contributed by atoms with Gasteiger partial charge in [0.25, 0.3) is 5.91 Å². The van der Waals surface area contributed by atoms with E-state index < -0.39 is 16.3 Å². The Morgan fingerprint density at radius 2 is 1.95 bits per heavy atom. The summed E-state index contributed by atoms with van der Waals surface area (Å²) in [7, 11) is -2.35. The molecule has 0 radical (unpaired) electrons. The fourth-order valence-electron chi connectivity index (χ4n) is 4.93. The first-order chi connectivity index (χ1) is 18.4. The molecule has 2 heterocycles. The maximum atomic E-state index is 13.2. The van der Waals surface area contributed by atoms with E-state index >= 15 is 0 Å². The average molecular weight is 546 g/mol. The largest absolute Gasteiger partial charge is 0.497 e. The summed E-state index contributed by atoms with van der Waals surface area (Å²) in [5, 5.41) is 12.3. The first kappa shape index (κ1) is 28.0. The minimum atomic E-state index is -3.86. The van der Waals surface area contributed by atoms with Crippen LogP contribution in [0.15, 0.2) is 65.5 Å². The van der Waals surface area contributed by atoms with Gasteiger partial charge in [0, 0.05) is 25.7 Å². The Morgan fingerprint density at radius 1 is 1.18 bits per heavy atom. The third kappa shape index (κ3) is 7.10. The van der Waals surface area contributed by atoms with Crippen molar-refractivity contribution in [1.29, 1.82) is 0 Å². The summed E-state index contributed by atoms with van der Waals surface area (Å²) in [4.78, 5) is 17.1. The SMILES string of the molecule is COc1ccc(S(=O)(=O)N(CCO)CCO[C@@H]2C[C@H](C3CCCC3)C=C(C(=O)Nc3cccnc3)O2)cc1. The third-order valence-corrected chi connectivity index (χ3v) is 8.84. The van der Waals surface area contributed by atoms with Crippen LogP contribution in [-0.2, 0) is 24.3 Å². The molecule has 1 aliphatic carbocycles. The number of carbonyl (C=O) groups is 1. The number of nitrogens with zero attached hydrogens (tertiary/aromatic N) is 2. The predicted octanol–water partition coefficient (Wildman–Crippen LogP) is 3.17. The van der Waals surface area contributed by atoms with E-state index in [0.717, 1.165) is 25.7 Å². The van der Waals surface area contributed by atoms with E-state index in [1.807, 2.05) is 6.08 Å². The minimum Gasteiger partial charge on any atom is -0.497 e. The van der Waals surface area contributed by atoms with Crippen molar-refractivity contribution >= 4 is 21.6 Å². The highest BCUT2D eigenvalue weighted by Crippen LogP contribution is 2.38. The van der Waals surface area contributed by atoms with Crippen LogP contribution in [0.2, 0.25) is 0 Å². The maximum Gasteiger partial charge on any atom is 0.290 e.